The molecule has 1 aromatic rings. The van der Waals surface area contributed by atoms with Gasteiger partial charge in [0, 0.05) is 6.20 Å². The van der Waals surface area contributed by atoms with Crippen molar-refractivity contribution in [2.24, 2.45) is 0 Å². The topological polar surface area (TPSA) is 51.2 Å². The van der Waals surface area contributed by atoms with E-state index in [2.05, 4.69) is 23.8 Å². The van der Waals surface area contributed by atoms with Crippen molar-refractivity contribution in [1.29, 1.82) is 0 Å². The summed E-state index contributed by atoms with van der Waals surface area (Å²) in [4.78, 5) is 15.7. The first kappa shape index (κ1) is 15.2. The van der Waals surface area contributed by atoms with Gasteiger partial charge in [0.05, 0.1) is 12.2 Å². The Morgan fingerprint density at radius 1 is 1.58 bits per heavy atom. The first-order chi connectivity index (χ1) is 8.81. The normalized spacial score (nSPS) is 12.6. The maximum atomic E-state index is 11.5. The number of nitrogens with one attached hydrogen (secondary N) is 1. The van der Waals surface area contributed by atoms with Crippen molar-refractivity contribution in [2.75, 3.05) is 0 Å². The number of allylic oxidation sites excluding steroid dienone is 1. The first-order valence-electron chi connectivity index (χ1n) is 6.36. The van der Waals surface area contributed by atoms with Gasteiger partial charge in [-0.2, -0.15) is 0 Å². The standard InChI is InChI=1S/C15H22N2O2/c1-6-11(2)12-7-8-16-13(9-12)10-17-14(18)19-15(3,4)5/h6-9,11H,1,10H2,2-5H3,(H,17,18). The van der Waals surface area contributed by atoms with Crippen molar-refractivity contribution in [3.63, 3.8) is 0 Å². The SMILES string of the molecule is C=CC(C)c1ccnc(CNC(=O)OC(C)(C)C)c1. The summed E-state index contributed by atoms with van der Waals surface area (Å²) in [5, 5.41) is 2.69. The molecule has 0 saturated carbocycles. The smallest absolute Gasteiger partial charge is 0.407 e. The number of hydrogen-bond acceptors (Lipinski definition) is 3. The second kappa shape index (κ2) is 6.36. The van der Waals surface area contributed by atoms with Gasteiger partial charge in [-0.15, -0.1) is 6.58 Å². The molecular formula is C15H22N2O2. The lowest BCUT2D eigenvalue weighted by Gasteiger charge is -2.19. The van der Waals surface area contributed by atoms with Crippen molar-refractivity contribution in [3.05, 3.63) is 42.2 Å². The van der Waals surface area contributed by atoms with Gasteiger partial charge in [0.1, 0.15) is 5.60 Å². The van der Waals surface area contributed by atoms with Crippen LogP contribution in [0.5, 0.6) is 0 Å². The predicted molar refractivity (Wildman–Crippen MR) is 75.9 cm³/mol. The van der Waals surface area contributed by atoms with Gasteiger partial charge >= 0.3 is 6.09 Å². The molecule has 1 aromatic heterocycles. The number of alkyl carbamates (subject to hydrolysis) is 1. The van der Waals surface area contributed by atoms with Gasteiger partial charge in [0.15, 0.2) is 0 Å². The number of amides is 1. The second-order valence-electron chi connectivity index (χ2n) is 5.46. The van der Waals surface area contributed by atoms with Crippen molar-refractivity contribution in [3.8, 4) is 0 Å². The number of ether oxygens (including phenoxy) is 1. The molecule has 1 heterocycles. The molecule has 104 valence electrons. The van der Waals surface area contributed by atoms with Crippen molar-refractivity contribution >= 4 is 6.09 Å². The zero-order valence-electron chi connectivity index (χ0n) is 12.1. The van der Waals surface area contributed by atoms with E-state index >= 15 is 0 Å². The highest BCUT2D eigenvalue weighted by atomic mass is 16.6. The summed E-state index contributed by atoms with van der Waals surface area (Å²) in [6.07, 6.45) is 3.18. The number of carbonyl (C=O) groups is 1. The van der Waals surface area contributed by atoms with E-state index in [1.165, 1.54) is 0 Å². The summed E-state index contributed by atoms with van der Waals surface area (Å²) in [5.41, 5.74) is 1.44. The van der Waals surface area contributed by atoms with Gasteiger partial charge in [-0.3, -0.25) is 4.98 Å². The van der Waals surface area contributed by atoms with Gasteiger partial charge < -0.3 is 10.1 Å². The van der Waals surface area contributed by atoms with E-state index in [9.17, 15) is 4.79 Å². The fourth-order valence-corrected chi connectivity index (χ4v) is 1.49. The third-order valence-corrected chi connectivity index (χ3v) is 2.53. The van der Waals surface area contributed by atoms with Crippen LogP contribution in [0.2, 0.25) is 0 Å². The summed E-state index contributed by atoms with van der Waals surface area (Å²) in [5.74, 6) is 0.267. The molecule has 0 aliphatic rings. The Kier molecular flexibility index (Phi) is 5.10. The molecule has 0 aliphatic heterocycles. The van der Waals surface area contributed by atoms with Crippen LogP contribution < -0.4 is 5.32 Å². The molecule has 0 spiro atoms. The molecule has 4 heteroatoms. The van der Waals surface area contributed by atoms with Crippen molar-refractivity contribution in [2.45, 2.75) is 45.8 Å². The predicted octanol–water partition coefficient (Wildman–Crippen LogP) is 3.40. The lowest BCUT2D eigenvalue weighted by atomic mass is 10.0. The maximum absolute atomic E-state index is 11.5. The van der Waals surface area contributed by atoms with Crippen LogP contribution >= 0.6 is 0 Å². The summed E-state index contributed by atoms with van der Waals surface area (Å²) in [6, 6.07) is 3.91. The molecule has 0 saturated heterocycles. The fraction of sp³-hybridized carbons (Fsp3) is 0.467. The molecular weight excluding hydrogens is 240 g/mol. The Labute approximate surface area is 114 Å². The molecule has 1 unspecified atom stereocenters. The molecule has 0 radical (unpaired) electrons. The van der Waals surface area contributed by atoms with E-state index in [-0.39, 0.29) is 5.92 Å². The van der Waals surface area contributed by atoms with E-state index in [4.69, 9.17) is 4.74 Å². The zero-order chi connectivity index (χ0) is 14.5. The van der Waals surface area contributed by atoms with Crippen LogP contribution in [0.15, 0.2) is 31.0 Å². The van der Waals surface area contributed by atoms with Crippen molar-refractivity contribution in [1.82, 2.24) is 10.3 Å². The summed E-state index contributed by atoms with van der Waals surface area (Å²) < 4.78 is 5.16. The average Bonchev–Trinajstić information content (AvgIpc) is 2.34. The van der Waals surface area contributed by atoms with Gasteiger partial charge in [-0.1, -0.05) is 13.0 Å². The molecule has 1 N–H and O–H groups in total. The highest BCUT2D eigenvalue weighted by Gasteiger charge is 2.15. The second-order valence-corrected chi connectivity index (χ2v) is 5.46. The molecule has 19 heavy (non-hydrogen) atoms. The third-order valence-electron chi connectivity index (χ3n) is 2.53. The Morgan fingerprint density at radius 2 is 2.26 bits per heavy atom. The van der Waals surface area contributed by atoms with E-state index in [1.807, 2.05) is 39.0 Å². The van der Waals surface area contributed by atoms with Crippen LogP contribution in [-0.4, -0.2) is 16.7 Å². The molecule has 1 rings (SSSR count). The van der Waals surface area contributed by atoms with Crippen LogP contribution in [0.25, 0.3) is 0 Å². The monoisotopic (exact) mass is 262 g/mol. The quantitative estimate of drug-likeness (QED) is 0.846. The minimum Gasteiger partial charge on any atom is -0.444 e. The molecule has 0 fully saturated rings. The molecule has 0 bridgehead atoms. The fourth-order valence-electron chi connectivity index (χ4n) is 1.49. The van der Waals surface area contributed by atoms with E-state index in [0.717, 1.165) is 11.3 Å². The van der Waals surface area contributed by atoms with Crippen LogP contribution in [0, 0.1) is 0 Å². The van der Waals surface area contributed by atoms with Crippen LogP contribution in [0.3, 0.4) is 0 Å². The van der Waals surface area contributed by atoms with Gasteiger partial charge in [-0.25, -0.2) is 4.79 Å². The maximum Gasteiger partial charge on any atom is 0.407 e. The van der Waals surface area contributed by atoms with Gasteiger partial charge in [0.25, 0.3) is 0 Å². The number of carbonyl (C=O) groups excluding carboxylic acids is 1. The minimum absolute atomic E-state index is 0.267. The van der Waals surface area contributed by atoms with E-state index < -0.39 is 11.7 Å². The summed E-state index contributed by atoms with van der Waals surface area (Å²) in [7, 11) is 0. The van der Waals surface area contributed by atoms with Crippen LogP contribution in [0.4, 0.5) is 4.79 Å². The highest BCUT2D eigenvalue weighted by molar-refractivity contribution is 5.67. The molecule has 0 aliphatic carbocycles. The average molecular weight is 262 g/mol. The first-order valence-corrected chi connectivity index (χ1v) is 6.36. The van der Waals surface area contributed by atoms with E-state index in [0.29, 0.717) is 6.54 Å². The number of aromatic nitrogens is 1. The summed E-state index contributed by atoms with van der Waals surface area (Å²) >= 11 is 0. The zero-order valence-corrected chi connectivity index (χ0v) is 12.1. The van der Waals surface area contributed by atoms with Crippen LogP contribution in [-0.2, 0) is 11.3 Å². The Morgan fingerprint density at radius 3 is 2.84 bits per heavy atom. The van der Waals surface area contributed by atoms with Gasteiger partial charge in [0.2, 0.25) is 0 Å². The Bertz CT molecular complexity index is 450. The number of nitrogens with zero attached hydrogens (tertiary/aromatic N) is 1. The lowest BCUT2D eigenvalue weighted by Crippen LogP contribution is -2.32. The summed E-state index contributed by atoms with van der Waals surface area (Å²) in [6.45, 7) is 11.7. The Balaban J connectivity index is 2.58. The largest absolute Gasteiger partial charge is 0.444 e. The lowest BCUT2D eigenvalue weighted by molar-refractivity contribution is 0.0523. The highest BCUT2D eigenvalue weighted by Crippen LogP contribution is 2.16. The molecule has 1 atom stereocenters. The number of hydrogen-bond donors (Lipinski definition) is 1. The molecule has 0 aromatic carbocycles. The number of pyridine rings is 1. The minimum atomic E-state index is -0.489. The van der Waals surface area contributed by atoms with Gasteiger partial charge in [-0.05, 0) is 44.4 Å². The van der Waals surface area contributed by atoms with E-state index in [1.54, 1.807) is 6.20 Å². The number of rotatable bonds is 4. The third kappa shape index (κ3) is 5.55. The molecule has 1 amide bonds. The van der Waals surface area contributed by atoms with Crippen LogP contribution in [0.1, 0.15) is 44.9 Å². The molecule has 4 nitrogen and oxygen atoms in total. The van der Waals surface area contributed by atoms with Crippen molar-refractivity contribution < 1.29 is 9.53 Å². The Hall–Kier alpha value is -1.84.